The van der Waals surface area contributed by atoms with Crippen LogP contribution in [0.3, 0.4) is 0 Å². The quantitative estimate of drug-likeness (QED) is 0.0916. The van der Waals surface area contributed by atoms with E-state index in [1.54, 1.807) is 12.1 Å². The summed E-state index contributed by atoms with van der Waals surface area (Å²) in [6, 6.07) is 40.6. The summed E-state index contributed by atoms with van der Waals surface area (Å²) >= 11 is 0. The molecule has 2 amide bonds. The number of aliphatic hydroxyl groups excluding tert-OH is 1. The molecule has 0 radical (unpaired) electrons. The van der Waals surface area contributed by atoms with Crippen LogP contribution in [0.25, 0.3) is 11.1 Å². The summed E-state index contributed by atoms with van der Waals surface area (Å²) in [5.41, 5.74) is 7.99. The summed E-state index contributed by atoms with van der Waals surface area (Å²) < 4.78 is 13.3. The van der Waals surface area contributed by atoms with Crippen LogP contribution < -0.4 is 15.5 Å². The molecule has 2 aliphatic rings. The second-order valence-electron chi connectivity index (χ2n) is 13.7. The number of hydrogen-bond acceptors (Lipinski definition) is 8. The Morgan fingerprint density at radius 2 is 1.41 bits per heavy atom. The van der Waals surface area contributed by atoms with Gasteiger partial charge in [-0.3, -0.25) is 15.0 Å². The Morgan fingerprint density at radius 3 is 2.11 bits per heavy atom. The van der Waals surface area contributed by atoms with Gasteiger partial charge in [-0.25, -0.2) is 4.79 Å². The normalized spacial score (nSPS) is 18.9. The van der Waals surface area contributed by atoms with Gasteiger partial charge in [-0.05, 0) is 45.5 Å². The Hall–Kier alpha value is -5.59. The molecular formula is C43H45N5O6. The fourth-order valence-corrected chi connectivity index (χ4v) is 7.09. The number of nitrogens with one attached hydrogen (secondary N) is 2. The molecule has 0 aromatic heterocycles. The van der Waals surface area contributed by atoms with Gasteiger partial charge in [-0.1, -0.05) is 103 Å². The van der Waals surface area contributed by atoms with Crippen LogP contribution >= 0.6 is 0 Å². The number of non-ortho nitro benzene ring substituents is 1. The number of benzene rings is 5. The van der Waals surface area contributed by atoms with E-state index in [-0.39, 0.29) is 35.5 Å². The van der Waals surface area contributed by atoms with Crippen LogP contribution in [0.4, 0.5) is 16.2 Å². The average Bonchev–Trinajstić information content (AvgIpc) is 3.23. The summed E-state index contributed by atoms with van der Waals surface area (Å²) in [4.78, 5) is 28.0. The van der Waals surface area contributed by atoms with Gasteiger partial charge in [0, 0.05) is 75.6 Å². The van der Waals surface area contributed by atoms with Crippen molar-refractivity contribution >= 4 is 17.4 Å². The number of urea groups is 1. The molecule has 0 saturated carbocycles. The van der Waals surface area contributed by atoms with Crippen molar-refractivity contribution in [3.05, 3.63) is 165 Å². The van der Waals surface area contributed by atoms with Crippen LogP contribution in [0.2, 0.25) is 0 Å². The van der Waals surface area contributed by atoms with Crippen molar-refractivity contribution in [2.45, 2.75) is 44.6 Å². The highest BCUT2D eigenvalue weighted by molar-refractivity contribution is 5.75. The first-order valence-corrected chi connectivity index (χ1v) is 18.4. The lowest BCUT2D eigenvalue weighted by Gasteiger charge is -2.41. The smallest absolute Gasteiger partial charge is 0.315 e. The van der Waals surface area contributed by atoms with Crippen molar-refractivity contribution < 1.29 is 24.3 Å². The van der Waals surface area contributed by atoms with Gasteiger partial charge in [0.1, 0.15) is 0 Å². The molecule has 3 N–H and O–H groups in total. The molecule has 0 aliphatic carbocycles. The van der Waals surface area contributed by atoms with Crippen LogP contribution in [-0.2, 0) is 29.2 Å². The van der Waals surface area contributed by atoms with Crippen LogP contribution in [0, 0.1) is 10.1 Å². The van der Waals surface area contributed by atoms with Gasteiger partial charge >= 0.3 is 6.03 Å². The lowest BCUT2D eigenvalue weighted by molar-refractivity contribution is -0.384. The minimum atomic E-state index is -0.577. The minimum Gasteiger partial charge on any atom is -0.392 e. The highest BCUT2D eigenvalue weighted by Gasteiger charge is 2.34. The van der Waals surface area contributed by atoms with Crippen LogP contribution in [-0.4, -0.2) is 59.8 Å². The SMILES string of the molecule is O=C(NCc1ccccc1)NCc1ccccc1-c1ccc([C@H]2O[C@@H](CN3CCN(c4ccc([N+](=O)[O-])cc4)CC3)C[C@@H](c3ccc(CO)cc3)O2)cc1. The number of carbonyl (C=O) groups excluding carboxylic acids is 1. The Kier molecular flexibility index (Phi) is 11.9. The molecule has 0 spiro atoms. The largest absolute Gasteiger partial charge is 0.392 e. The maximum atomic E-state index is 12.6. The molecule has 54 heavy (non-hydrogen) atoms. The molecule has 2 saturated heterocycles. The van der Waals surface area contributed by atoms with Crippen LogP contribution in [0.15, 0.2) is 127 Å². The summed E-state index contributed by atoms with van der Waals surface area (Å²) in [6.45, 7) is 4.88. The van der Waals surface area contributed by atoms with Crippen molar-refractivity contribution in [3.63, 3.8) is 0 Å². The molecule has 11 nitrogen and oxygen atoms in total. The Labute approximate surface area is 315 Å². The number of nitro benzene ring substituents is 1. The molecule has 3 atom stereocenters. The molecule has 278 valence electrons. The molecule has 7 rings (SSSR count). The van der Waals surface area contributed by atoms with Gasteiger partial charge in [0.2, 0.25) is 0 Å². The number of nitrogens with zero attached hydrogens (tertiary/aromatic N) is 3. The zero-order valence-corrected chi connectivity index (χ0v) is 30.1. The molecule has 0 bridgehead atoms. The highest BCUT2D eigenvalue weighted by Crippen LogP contribution is 2.39. The van der Waals surface area contributed by atoms with Gasteiger partial charge in [0.25, 0.3) is 5.69 Å². The molecule has 2 aliphatic heterocycles. The number of rotatable bonds is 12. The second kappa shape index (κ2) is 17.5. The number of carbonyl (C=O) groups is 1. The fraction of sp³-hybridized carbons (Fsp3) is 0.279. The third-order valence-corrected chi connectivity index (χ3v) is 10.1. The predicted octanol–water partition coefficient (Wildman–Crippen LogP) is 7.12. The van der Waals surface area contributed by atoms with Gasteiger partial charge < -0.3 is 30.1 Å². The molecule has 11 heteroatoms. The van der Waals surface area contributed by atoms with E-state index in [9.17, 15) is 20.0 Å². The van der Waals surface area contributed by atoms with Crippen molar-refractivity contribution in [1.82, 2.24) is 15.5 Å². The Balaban J connectivity index is 1.01. The zero-order chi connectivity index (χ0) is 37.3. The maximum absolute atomic E-state index is 12.6. The van der Waals surface area contributed by atoms with E-state index in [2.05, 4.69) is 38.6 Å². The van der Waals surface area contributed by atoms with E-state index < -0.39 is 6.29 Å². The minimum absolute atomic E-state index is 0.0149. The maximum Gasteiger partial charge on any atom is 0.315 e. The number of nitro groups is 1. The lowest BCUT2D eigenvalue weighted by atomic mass is 9.97. The number of hydrogen-bond donors (Lipinski definition) is 3. The van der Waals surface area contributed by atoms with Crippen molar-refractivity contribution in [3.8, 4) is 11.1 Å². The van der Waals surface area contributed by atoms with Gasteiger partial charge in [-0.2, -0.15) is 0 Å². The summed E-state index contributed by atoms with van der Waals surface area (Å²) in [6.07, 6.45) is -0.166. The molecule has 2 heterocycles. The van der Waals surface area contributed by atoms with Crippen LogP contribution in [0.5, 0.6) is 0 Å². The first-order chi connectivity index (χ1) is 26.4. The molecule has 5 aromatic carbocycles. The van der Waals surface area contributed by atoms with E-state index in [1.807, 2.05) is 97.1 Å². The zero-order valence-electron chi connectivity index (χ0n) is 30.1. The number of piperazine rings is 1. The number of anilines is 1. The summed E-state index contributed by atoms with van der Waals surface area (Å²) in [7, 11) is 0. The fourth-order valence-electron chi connectivity index (χ4n) is 7.09. The summed E-state index contributed by atoms with van der Waals surface area (Å²) in [5, 5.41) is 26.6. The second-order valence-corrected chi connectivity index (χ2v) is 13.7. The molecular weight excluding hydrogens is 683 g/mol. The van der Waals surface area contributed by atoms with Crippen LogP contribution in [0.1, 0.15) is 46.6 Å². The van der Waals surface area contributed by atoms with E-state index in [4.69, 9.17) is 9.47 Å². The van der Waals surface area contributed by atoms with Crippen molar-refractivity contribution in [2.24, 2.45) is 0 Å². The van der Waals surface area contributed by atoms with E-state index >= 15 is 0 Å². The Morgan fingerprint density at radius 1 is 0.741 bits per heavy atom. The van der Waals surface area contributed by atoms with Crippen molar-refractivity contribution in [1.29, 1.82) is 0 Å². The third kappa shape index (κ3) is 9.31. The van der Waals surface area contributed by atoms with Crippen molar-refractivity contribution in [2.75, 3.05) is 37.6 Å². The van der Waals surface area contributed by atoms with Gasteiger partial charge in [0.15, 0.2) is 6.29 Å². The van der Waals surface area contributed by atoms with E-state index in [0.29, 0.717) is 19.5 Å². The number of aliphatic hydroxyl groups is 1. The number of ether oxygens (including phenoxy) is 2. The standard InChI is InChI=1S/C43H45N5O6/c49-30-32-10-12-34(13-11-32)41-26-39(29-46-22-24-47(25-23-46)37-18-20-38(21-19-37)48(51)52)53-42(54-41)35-16-14-33(15-17-35)40-9-5-4-8-36(40)28-45-43(50)44-27-31-6-2-1-3-7-31/h1-21,39,41-42,49H,22-30H2,(H2,44,45,50)/t39-,41+,42+/m1/s1. The lowest BCUT2D eigenvalue weighted by Crippen LogP contribution is -2.49. The predicted molar refractivity (Wildman–Crippen MR) is 208 cm³/mol. The average molecular weight is 728 g/mol. The molecule has 2 fully saturated rings. The molecule has 0 unspecified atom stereocenters. The number of amides is 2. The monoisotopic (exact) mass is 727 g/mol. The topological polar surface area (TPSA) is 129 Å². The Bertz CT molecular complexity index is 1980. The summed E-state index contributed by atoms with van der Waals surface area (Å²) in [5.74, 6) is 0. The van der Waals surface area contributed by atoms with E-state index in [0.717, 1.165) is 77.4 Å². The highest BCUT2D eigenvalue weighted by atomic mass is 16.7. The third-order valence-electron chi connectivity index (χ3n) is 10.1. The van der Waals surface area contributed by atoms with Gasteiger partial charge in [0.05, 0.1) is 23.7 Å². The molecule has 5 aromatic rings. The van der Waals surface area contributed by atoms with Gasteiger partial charge in [-0.15, -0.1) is 0 Å². The van der Waals surface area contributed by atoms with E-state index in [1.165, 1.54) is 0 Å². The first-order valence-electron chi connectivity index (χ1n) is 18.4. The first kappa shape index (κ1) is 36.8.